The smallest absolute Gasteiger partial charge is 0.307 e. The van der Waals surface area contributed by atoms with Crippen LogP contribution in [0, 0.1) is 0 Å². The van der Waals surface area contributed by atoms with Crippen LogP contribution < -0.4 is 0 Å². The van der Waals surface area contributed by atoms with Gasteiger partial charge < -0.3 is 5.11 Å². The van der Waals surface area contributed by atoms with Crippen molar-refractivity contribution in [3.05, 3.63) is 68.8 Å². The number of carboxylic acids is 1. The number of carboxylic acid groups (broad SMARTS) is 1. The van der Waals surface area contributed by atoms with Crippen LogP contribution in [0.4, 0.5) is 0 Å². The van der Waals surface area contributed by atoms with Gasteiger partial charge in [-0.1, -0.05) is 35.9 Å². The molecule has 3 aromatic rings. The number of thiophene rings is 1. The molecule has 2 aromatic heterocycles. The molecule has 0 unspecified atom stereocenters. The van der Waals surface area contributed by atoms with Gasteiger partial charge in [0.25, 0.3) is 0 Å². The summed E-state index contributed by atoms with van der Waals surface area (Å²) >= 11 is 7.56. The van der Waals surface area contributed by atoms with E-state index in [0.29, 0.717) is 0 Å². The van der Waals surface area contributed by atoms with Gasteiger partial charge in [-0.3, -0.25) is 4.79 Å². The summed E-state index contributed by atoms with van der Waals surface area (Å²) in [6.45, 7) is 0. The van der Waals surface area contributed by atoms with Crippen molar-refractivity contribution >= 4 is 28.9 Å². The normalized spacial score (nSPS) is 13.0. The number of aromatic nitrogens is 2. The molecule has 1 aromatic carbocycles. The van der Waals surface area contributed by atoms with Crippen molar-refractivity contribution in [3.8, 4) is 10.7 Å². The van der Waals surface area contributed by atoms with Gasteiger partial charge in [-0.25, -0.2) is 9.97 Å². The Morgan fingerprint density at radius 3 is 2.54 bits per heavy atom. The fourth-order valence-electron chi connectivity index (χ4n) is 3.34. The van der Waals surface area contributed by atoms with Crippen molar-refractivity contribution < 1.29 is 9.90 Å². The highest BCUT2D eigenvalue weighted by atomic mass is 35.5. The third-order valence-corrected chi connectivity index (χ3v) is 5.79. The fourth-order valence-corrected chi connectivity index (χ4v) is 4.32. The van der Waals surface area contributed by atoms with E-state index in [4.69, 9.17) is 26.7 Å². The topological polar surface area (TPSA) is 63.1 Å². The Morgan fingerprint density at radius 1 is 1.08 bits per heavy atom. The number of aryl methyl sites for hydroxylation is 1. The van der Waals surface area contributed by atoms with Crippen LogP contribution in [0.1, 0.15) is 34.5 Å². The van der Waals surface area contributed by atoms with Crippen LogP contribution in [0.5, 0.6) is 0 Å². The number of fused-ring (bicyclic) bond motifs is 1. The second-order valence-corrected chi connectivity index (χ2v) is 8.16. The van der Waals surface area contributed by atoms with E-state index >= 15 is 0 Å². The molecule has 0 saturated carbocycles. The zero-order valence-electron chi connectivity index (χ0n) is 14.0. The first kappa shape index (κ1) is 17.2. The number of halogens is 1. The molecular formula is C20H17ClN2O2S. The molecule has 0 fully saturated rings. The second kappa shape index (κ2) is 7.17. The predicted molar refractivity (Wildman–Crippen MR) is 103 cm³/mol. The molecule has 0 saturated heterocycles. The first-order chi connectivity index (χ1) is 12.6. The van der Waals surface area contributed by atoms with Crippen LogP contribution in [0.3, 0.4) is 0 Å². The number of carbonyl (C=O) groups is 1. The van der Waals surface area contributed by atoms with Crippen molar-refractivity contribution in [2.24, 2.45) is 0 Å². The van der Waals surface area contributed by atoms with Crippen LogP contribution in [0.2, 0.25) is 4.34 Å². The highest BCUT2D eigenvalue weighted by Gasteiger charge is 2.20. The molecule has 0 atom stereocenters. The molecule has 1 aliphatic rings. The number of nitrogens with zero attached hydrogens (tertiary/aromatic N) is 2. The van der Waals surface area contributed by atoms with Crippen molar-refractivity contribution in [3.63, 3.8) is 0 Å². The maximum atomic E-state index is 10.8. The van der Waals surface area contributed by atoms with Gasteiger partial charge in [0.05, 0.1) is 21.3 Å². The summed E-state index contributed by atoms with van der Waals surface area (Å²) in [6.07, 6.45) is 3.90. The number of hydrogen-bond acceptors (Lipinski definition) is 4. The lowest BCUT2D eigenvalue weighted by molar-refractivity contribution is -0.136. The minimum atomic E-state index is -0.814. The molecule has 132 valence electrons. The van der Waals surface area contributed by atoms with Crippen LogP contribution >= 0.6 is 22.9 Å². The van der Waals surface area contributed by atoms with E-state index in [2.05, 4.69) is 0 Å². The summed E-state index contributed by atoms with van der Waals surface area (Å²) in [7, 11) is 0. The molecule has 0 amide bonds. The van der Waals surface area contributed by atoms with Gasteiger partial charge in [-0.05, 0) is 48.1 Å². The van der Waals surface area contributed by atoms with Gasteiger partial charge in [0, 0.05) is 12.1 Å². The Hall–Kier alpha value is -2.24. The van der Waals surface area contributed by atoms with E-state index in [0.717, 1.165) is 63.2 Å². The molecule has 26 heavy (non-hydrogen) atoms. The van der Waals surface area contributed by atoms with Gasteiger partial charge in [0.2, 0.25) is 0 Å². The van der Waals surface area contributed by atoms with Crippen LogP contribution in [-0.4, -0.2) is 21.0 Å². The average molecular weight is 385 g/mol. The molecule has 4 rings (SSSR count). The SMILES string of the molecule is O=C(O)Cc1ccc(Cc2nc(-c3ccc(Cl)s3)nc3c2CCC3)cc1. The van der Waals surface area contributed by atoms with E-state index in [1.807, 2.05) is 36.4 Å². The summed E-state index contributed by atoms with van der Waals surface area (Å²) in [5, 5.41) is 8.89. The third kappa shape index (κ3) is 3.64. The fraction of sp³-hybridized carbons (Fsp3) is 0.250. The van der Waals surface area contributed by atoms with Gasteiger partial charge in [0.15, 0.2) is 5.82 Å². The van der Waals surface area contributed by atoms with E-state index in [-0.39, 0.29) is 6.42 Å². The summed E-state index contributed by atoms with van der Waals surface area (Å²) in [4.78, 5) is 21.4. The lowest BCUT2D eigenvalue weighted by Crippen LogP contribution is -2.04. The van der Waals surface area contributed by atoms with Crippen molar-refractivity contribution in [2.75, 3.05) is 0 Å². The molecule has 0 bridgehead atoms. The molecule has 4 nitrogen and oxygen atoms in total. The van der Waals surface area contributed by atoms with Crippen molar-refractivity contribution in [1.29, 1.82) is 0 Å². The van der Waals surface area contributed by atoms with E-state index in [1.54, 1.807) is 0 Å². The van der Waals surface area contributed by atoms with Gasteiger partial charge in [-0.2, -0.15) is 0 Å². The van der Waals surface area contributed by atoms with Gasteiger partial charge in [-0.15, -0.1) is 11.3 Å². The quantitative estimate of drug-likeness (QED) is 0.700. The summed E-state index contributed by atoms with van der Waals surface area (Å²) in [5.41, 5.74) is 5.42. The standard InChI is InChI=1S/C20H17ClN2O2S/c21-18-9-8-17(26-18)20-22-15-3-1-2-14(15)16(23-20)10-12-4-6-13(7-5-12)11-19(24)25/h4-9H,1-3,10-11H2,(H,24,25). The van der Waals surface area contributed by atoms with Gasteiger partial charge >= 0.3 is 5.97 Å². The van der Waals surface area contributed by atoms with Crippen LogP contribution in [0.15, 0.2) is 36.4 Å². The largest absolute Gasteiger partial charge is 0.481 e. The Morgan fingerprint density at radius 2 is 1.85 bits per heavy atom. The Balaban J connectivity index is 1.65. The minimum Gasteiger partial charge on any atom is -0.481 e. The third-order valence-electron chi connectivity index (χ3n) is 4.56. The number of benzene rings is 1. The minimum absolute atomic E-state index is 0.0481. The maximum absolute atomic E-state index is 10.8. The second-order valence-electron chi connectivity index (χ2n) is 6.44. The highest BCUT2D eigenvalue weighted by Crippen LogP contribution is 2.32. The average Bonchev–Trinajstić information content (AvgIpc) is 3.25. The number of hydrogen-bond donors (Lipinski definition) is 1. The molecule has 1 N–H and O–H groups in total. The van der Waals surface area contributed by atoms with E-state index in [1.165, 1.54) is 16.9 Å². The first-order valence-electron chi connectivity index (χ1n) is 8.52. The van der Waals surface area contributed by atoms with Crippen LogP contribution in [-0.2, 0) is 30.5 Å². The lowest BCUT2D eigenvalue weighted by atomic mass is 10.0. The molecule has 6 heteroatoms. The Kier molecular flexibility index (Phi) is 4.74. The number of aliphatic carboxylic acids is 1. The highest BCUT2D eigenvalue weighted by molar-refractivity contribution is 7.19. The van der Waals surface area contributed by atoms with Crippen LogP contribution in [0.25, 0.3) is 10.7 Å². The summed E-state index contributed by atoms with van der Waals surface area (Å²) in [6, 6.07) is 11.6. The molecule has 0 radical (unpaired) electrons. The first-order valence-corrected chi connectivity index (χ1v) is 9.72. The zero-order valence-corrected chi connectivity index (χ0v) is 15.6. The molecule has 0 aliphatic heterocycles. The monoisotopic (exact) mass is 384 g/mol. The Bertz CT molecular complexity index is 966. The maximum Gasteiger partial charge on any atom is 0.307 e. The number of rotatable bonds is 5. The predicted octanol–water partition coefficient (Wildman–Crippen LogP) is 4.57. The zero-order chi connectivity index (χ0) is 18.1. The summed E-state index contributed by atoms with van der Waals surface area (Å²) in [5.74, 6) is -0.0642. The van der Waals surface area contributed by atoms with Gasteiger partial charge in [0.1, 0.15) is 0 Å². The molecule has 2 heterocycles. The lowest BCUT2D eigenvalue weighted by Gasteiger charge is -2.10. The molecule has 0 spiro atoms. The summed E-state index contributed by atoms with van der Waals surface area (Å²) < 4.78 is 0.736. The van der Waals surface area contributed by atoms with Crippen molar-refractivity contribution in [1.82, 2.24) is 9.97 Å². The van der Waals surface area contributed by atoms with E-state index < -0.39 is 5.97 Å². The molecule has 1 aliphatic carbocycles. The van der Waals surface area contributed by atoms with E-state index in [9.17, 15) is 4.79 Å². The molecular weight excluding hydrogens is 368 g/mol. The Labute approximate surface area is 160 Å². The van der Waals surface area contributed by atoms with Crippen molar-refractivity contribution in [2.45, 2.75) is 32.1 Å².